The van der Waals surface area contributed by atoms with E-state index in [9.17, 15) is 8.78 Å². The van der Waals surface area contributed by atoms with Gasteiger partial charge >= 0.3 is 0 Å². The molecule has 1 rings (SSSR count). The highest BCUT2D eigenvalue weighted by atomic mass is 19.1. The van der Waals surface area contributed by atoms with Crippen LogP contribution in [0.4, 0.5) is 8.78 Å². The van der Waals surface area contributed by atoms with Crippen LogP contribution in [0.2, 0.25) is 0 Å². The number of nitriles is 1. The van der Waals surface area contributed by atoms with Crippen LogP contribution in [0.1, 0.15) is 18.9 Å². The van der Waals surface area contributed by atoms with E-state index in [1.807, 2.05) is 6.92 Å². The van der Waals surface area contributed by atoms with Crippen LogP contribution in [-0.2, 0) is 6.42 Å². The second kappa shape index (κ2) is 5.45. The third kappa shape index (κ3) is 2.69. The van der Waals surface area contributed by atoms with E-state index in [1.165, 1.54) is 7.11 Å². The van der Waals surface area contributed by atoms with Gasteiger partial charge in [-0.2, -0.15) is 5.26 Å². The van der Waals surface area contributed by atoms with E-state index in [-0.39, 0.29) is 23.7 Å². The maximum atomic E-state index is 13.5. The van der Waals surface area contributed by atoms with Crippen molar-refractivity contribution >= 4 is 0 Å². The first-order valence-electron chi connectivity index (χ1n) is 5.03. The van der Waals surface area contributed by atoms with Crippen molar-refractivity contribution in [1.29, 1.82) is 5.26 Å². The zero-order valence-electron chi connectivity index (χ0n) is 9.26. The fourth-order valence-electron chi connectivity index (χ4n) is 1.43. The second-order valence-electron chi connectivity index (χ2n) is 3.52. The Morgan fingerprint density at radius 2 is 2.06 bits per heavy atom. The SMILES string of the molecule is CCC(C#N)Cc1cc(F)c(OC)cc1F. The van der Waals surface area contributed by atoms with E-state index < -0.39 is 11.6 Å². The lowest BCUT2D eigenvalue weighted by Gasteiger charge is -2.09. The van der Waals surface area contributed by atoms with Gasteiger partial charge in [-0.25, -0.2) is 8.78 Å². The standard InChI is InChI=1S/C12H13F2NO/c1-3-8(7-15)4-9-5-11(14)12(16-2)6-10(9)13/h5-6,8H,3-4H2,1-2H3. The number of nitrogens with zero attached hydrogens (tertiary/aromatic N) is 1. The van der Waals surface area contributed by atoms with Crippen molar-refractivity contribution in [1.82, 2.24) is 0 Å². The van der Waals surface area contributed by atoms with E-state index in [1.54, 1.807) is 0 Å². The van der Waals surface area contributed by atoms with Crippen LogP contribution in [0, 0.1) is 28.9 Å². The minimum absolute atomic E-state index is 0.119. The van der Waals surface area contributed by atoms with Gasteiger partial charge in [-0.1, -0.05) is 6.92 Å². The van der Waals surface area contributed by atoms with Crippen molar-refractivity contribution in [2.75, 3.05) is 7.11 Å². The predicted octanol–water partition coefficient (Wildman–Crippen LogP) is 3.07. The Morgan fingerprint density at radius 1 is 1.38 bits per heavy atom. The molecule has 0 radical (unpaired) electrons. The molecule has 0 bridgehead atoms. The molecule has 0 fully saturated rings. The number of benzene rings is 1. The Morgan fingerprint density at radius 3 is 2.56 bits per heavy atom. The fraction of sp³-hybridized carbons (Fsp3) is 0.417. The third-order valence-electron chi connectivity index (χ3n) is 2.46. The van der Waals surface area contributed by atoms with E-state index in [0.29, 0.717) is 6.42 Å². The molecule has 0 saturated carbocycles. The van der Waals surface area contributed by atoms with Crippen LogP contribution < -0.4 is 4.74 Å². The van der Waals surface area contributed by atoms with Crippen LogP contribution in [0.3, 0.4) is 0 Å². The fourth-order valence-corrected chi connectivity index (χ4v) is 1.43. The van der Waals surface area contributed by atoms with Crippen LogP contribution in [-0.4, -0.2) is 7.11 Å². The van der Waals surface area contributed by atoms with Gasteiger partial charge in [-0.05, 0) is 24.5 Å². The Kier molecular flexibility index (Phi) is 4.24. The molecule has 86 valence electrons. The summed E-state index contributed by atoms with van der Waals surface area (Å²) in [5.41, 5.74) is 0.215. The molecule has 16 heavy (non-hydrogen) atoms. The average molecular weight is 225 g/mol. The van der Waals surface area contributed by atoms with E-state index in [4.69, 9.17) is 5.26 Å². The first-order valence-corrected chi connectivity index (χ1v) is 5.03. The Bertz CT molecular complexity index is 412. The smallest absolute Gasteiger partial charge is 0.165 e. The van der Waals surface area contributed by atoms with Gasteiger partial charge in [0.2, 0.25) is 0 Å². The van der Waals surface area contributed by atoms with E-state index in [0.717, 1.165) is 12.1 Å². The molecule has 2 nitrogen and oxygen atoms in total. The molecule has 0 heterocycles. The largest absolute Gasteiger partial charge is 0.494 e. The molecule has 0 aliphatic carbocycles. The third-order valence-corrected chi connectivity index (χ3v) is 2.46. The summed E-state index contributed by atoms with van der Waals surface area (Å²) in [6.45, 7) is 1.84. The lowest BCUT2D eigenvalue weighted by Crippen LogP contribution is -2.03. The molecule has 0 spiro atoms. The summed E-state index contributed by atoms with van der Waals surface area (Å²) < 4.78 is 31.5. The van der Waals surface area contributed by atoms with Crippen molar-refractivity contribution in [2.24, 2.45) is 5.92 Å². The number of hydrogen-bond acceptors (Lipinski definition) is 2. The number of hydrogen-bond donors (Lipinski definition) is 0. The zero-order chi connectivity index (χ0) is 12.1. The first kappa shape index (κ1) is 12.4. The molecule has 0 aliphatic rings. The minimum Gasteiger partial charge on any atom is -0.494 e. The molecular formula is C12H13F2NO. The van der Waals surface area contributed by atoms with E-state index in [2.05, 4.69) is 10.8 Å². The lowest BCUT2D eigenvalue weighted by atomic mass is 9.98. The summed E-state index contributed by atoms with van der Waals surface area (Å²) >= 11 is 0. The quantitative estimate of drug-likeness (QED) is 0.788. The van der Waals surface area contributed by atoms with Gasteiger partial charge < -0.3 is 4.74 Å². The van der Waals surface area contributed by atoms with Crippen molar-refractivity contribution in [2.45, 2.75) is 19.8 Å². The van der Waals surface area contributed by atoms with Crippen molar-refractivity contribution in [3.63, 3.8) is 0 Å². The summed E-state index contributed by atoms with van der Waals surface area (Å²) in [7, 11) is 1.28. The van der Waals surface area contributed by atoms with Crippen LogP contribution in [0.5, 0.6) is 5.75 Å². The Balaban J connectivity index is 2.98. The summed E-state index contributed by atoms with van der Waals surface area (Å²) in [6.07, 6.45) is 0.837. The topological polar surface area (TPSA) is 33.0 Å². The molecule has 0 amide bonds. The molecule has 0 N–H and O–H groups in total. The van der Waals surface area contributed by atoms with Gasteiger partial charge in [0.25, 0.3) is 0 Å². The molecular weight excluding hydrogens is 212 g/mol. The van der Waals surface area contributed by atoms with Crippen molar-refractivity contribution in [3.05, 3.63) is 29.3 Å². The second-order valence-corrected chi connectivity index (χ2v) is 3.52. The monoisotopic (exact) mass is 225 g/mol. The normalized spacial score (nSPS) is 11.9. The highest BCUT2D eigenvalue weighted by Gasteiger charge is 2.14. The number of ether oxygens (including phenoxy) is 1. The zero-order valence-corrected chi connectivity index (χ0v) is 9.26. The van der Waals surface area contributed by atoms with E-state index >= 15 is 0 Å². The average Bonchev–Trinajstić information content (AvgIpc) is 2.29. The van der Waals surface area contributed by atoms with Crippen LogP contribution in [0.25, 0.3) is 0 Å². The number of methoxy groups -OCH3 is 1. The summed E-state index contributed by atoms with van der Waals surface area (Å²) in [6, 6.07) is 4.16. The first-order chi connectivity index (χ1) is 7.62. The van der Waals surface area contributed by atoms with Crippen molar-refractivity contribution in [3.8, 4) is 11.8 Å². The molecule has 1 atom stereocenters. The van der Waals surface area contributed by atoms with Gasteiger partial charge in [0.05, 0.1) is 19.1 Å². The predicted molar refractivity (Wildman–Crippen MR) is 56.0 cm³/mol. The van der Waals surface area contributed by atoms with Gasteiger partial charge in [0, 0.05) is 6.07 Å². The molecule has 1 aromatic rings. The van der Waals surface area contributed by atoms with Crippen LogP contribution >= 0.6 is 0 Å². The van der Waals surface area contributed by atoms with Crippen LogP contribution in [0.15, 0.2) is 12.1 Å². The molecule has 0 aromatic heterocycles. The lowest BCUT2D eigenvalue weighted by molar-refractivity contribution is 0.381. The maximum Gasteiger partial charge on any atom is 0.165 e. The Labute approximate surface area is 93.5 Å². The summed E-state index contributed by atoms with van der Waals surface area (Å²) in [5, 5.41) is 8.76. The van der Waals surface area contributed by atoms with Gasteiger partial charge in [0.1, 0.15) is 5.82 Å². The summed E-state index contributed by atoms with van der Waals surface area (Å²) in [4.78, 5) is 0. The molecule has 0 saturated heterocycles. The number of halogens is 2. The Hall–Kier alpha value is -1.63. The molecule has 1 unspecified atom stereocenters. The minimum atomic E-state index is -0.605. The summed E-state index contributed by atoms with van der Waals surface area (Å²) in [5.74, 6) is -1.55. The maximum absolute atomic E-state index is 13.5. The van der Waals surface area contributed by atoms with Gasteiger partial charge in [-0.3, -0.25) is 0 Å². The van der Waals surface area contributed by atoms with Gasteiger partial charge in [0.15, 0.2) is 11.6 Å². The number of rotatable bonds is 4. The molecule has 1 aromatic carbocycles. The van der Waals surface area contributed by atoms with Crippen molar-refractivity contribution < 1.29 is 13.5 Å². The van der Waals surface area contributed by atoms with Gasteiger partial charge in [-0.15, -0.1) is 0 Å². The molecule has 0 aliphatic heterocycles. The highest BCUT2D eigenvalue weighted by molar-refractivity contribution is 5.31. The highest BCUT2D eigenvalue weighted by Crippen LogP contribution is 2.23. The molecule has 4 heteroatoms.